The summed E-state index contributed by atoms with van der Waals surface area (Å²) in [5.41, 5.74) is 5.28. The van der Waals surface area contributed by atoms with Crippen LogP contribution in [0.2, 0.25) is 0 Å². The molecule has 0 saturated heterocycles. The Hall–Kier alpha value is -3.67. The monoisotopic (exact) mass is 433 g/mol. The van der Waals surface area contributed by atoms with E-state index in [1.54, 1.807) is 12.1 Å². The third-order valence-electron chi connectivity index (χ3n) is 5.70. The zero-order valence-corrected chi connectivity index (χ0v) is 17.5. The van der Waals surface area contributed by atoms with Gasteiger partial charge in [-0.3, -0.25) is 4.79 Å². The molecule has 0 spiro atoms. The Morgan fingerprint density at radius 1 is 0.906 bits per heavy atom. The number of carboxylic acids is 1. The van der Waals surface area contributed by atoms with E-state index in [2.05, 4.69) is 24.3 Å². The summed E-state index contributed by atoms with van der Waals surface area (Å²) < 4.78 is 19.0. The van der Waals surface area contributed by atoms with Gasteiger partial charge in [0.1, 0.15) is 12.4 Å². The maximum atomic E-state index is 13.2. The van der Waals surface area contributed by atoms with Crippen LogP contribution in [0.3, 0.4) is 0 Å². The van der Waals surface area contributed by atoms with Gasteiger partial charge in [-0.1, -0.05) is 60.7 Å². The quantitative estimate of drug-likeness (QED) is 0.514. The Balaban J connectivity index is 1.48. The molecule has 32 heavy (non-hydrogen) atoms. The lowest BCUT2D eigenvalue weighted by atomic mass is 9.98. The van der Waals surface area contributed by atoms with E-state index in [4.69, 9.17) is 9.84 Å². The number of nitrogens with zero attached hydrogens (tertiary/aromatic N) is 1. The molecule has 1 N–H and O–H groups in total. The van der Waals surface area contributed by atoms with Crippen molar-refractivity contribution in [3.05, 3.63) is 95.3 Å². The van der Waals surface area contributed by atoms with Crippen molar-refractivity contribution in [3.8, 4) is 11.1 Å². The van der Waals surface area contributed by atoms with Crippen molar-refractivity contribution >= 4 is 12.1 Å². The predicted octanol–water partition coefficient (Wildman–Crippen LogP) is 5.44. The number of aliphatic carboxylic acids is 1. The van der Waals surface area contributed by atoms with Crippen molar-refractivity contribution in [1.29, 1.82) is 0 Å². The average Bonchev–Trinajstić information content (AvgIpc) is 3.12. The fraction of sp³-hybridized carbons (Fsp3) is 0.231. The molecule has 0 atom stereocenters. The summed E-state index contributed by atoms with van der Waals surface area (Å²) in [6.07, 6.45) is -0.251. The fourth-order valence-electron chi connectivity index (χ4n) is 4.15. The number of hydrogen-bond acceptors (Lipinski definition) is 3. The zero-order chi connectivity index (χ0) is 22.5. The third-order valence-corrected chi connectivity index (χ3v) is 5.70. The van der Waals surface area contributed by atoms with Crippen molar-refractivity contribution in [3.63, 3.8) is 0 Å². The molecule has 1 aliphatic rings. The highest BCUT2D eigenvalue weighted by molar-refractivity contribution is 5.79. The molecule has 0 saturated carbocycles. The summed E-state index contributed by atoms with van der Waals surface area (Å²) in [4.78, 5) is 25.3. The summed E-state index contributed by atoms with van der Waals surface area (Å²) in [5, 5.41) is 8.94. The van der Waals surface area contributed by atoms with E-state index < -0.39 is 12.1 Å². The SMILES string of the molecule is O=C(O)CCCN(Cc1ccc(F)cc1)C(=O)OCC1c2ccccc2-c2ccccc21. The first-order valence-electron chi connectivity index (χ1n) is 10.6. The van der Waals surface area contributed by atoms with Crippen LogP contribution >= 0.6 is 0 Å². The second-order valence-corrected chi connectivity index (χ2v) is 7.85. The second kappa shape index (κ2) is 9.64. The first-order valence-corrected chi connectivity index (χ1v) is 10.6. The predicted molar refractivity (Wildman–Crippen MR) is 119 cm³/mol. The maximum Gasteiger partial charge on any atom is 0.410 e. The Morgan fingerprint density at radius 3 is 2.09 bits per heavy atom. The van der Waals surface area contributed by atoms with Gasteiger partial charge in [0.05, 0.1) is 0 Å². The molecule has 0 bridgehead atoms. The molecule has 1 aliphatic carbocycles. The molecular formula is C26H24FNO4. The first kappa shape index (κ1) is 21.6. The summed E-state index contributed by atoms with van der Waals surface area (Å²) in [6.45, 7) is 0.641. The molecule has 3 aromatic carbocycles. The van der Waals surface area contributed by atoms with E-state index in [-0.39, 0.29) is 37.9 Å². The number of amides is 1. The van der Waals surface area contributed by atoms with Gasteiger partial charge in [-0.05, 0) is 46.4 Å². The number of rotatable bonds is 8. The molecule has 5 nitrogen and oxygen atoms in total. The van der Waals surface area contributed by atoms with Crippen molar-refractivity contribution in [2.24, 2.45) is 0 Å². The van der Waals surface area contributed by atoms with Gasteiger partial charge in [0.2, 0.25) is 0 Å². The topological polar surface area (TPSA) is 66.8 Å². The molecule has 0 aliphatic heterocycles. The van der Waals surface area contributed by atoms with Crippen molar-refractivity contribution in [2.75, 3.05) is 13.2 Å². The molecule has 3 aromatic rings. The first-order chi connectivity index (χ1) is 15.5. The number of ether oxygens (including phenoxy) is 1. The van der Waals surface area contributed by atoms with E-state index in [9.17, 15) is 14.0 Å². The average molecular weight is 433 g/mol. The van der Waals surface area contributed by atoms with Crippen molar-refractivity contribution in [2.45, 2.75) is 25.3 Å². The molecule has 6 heteroatoms. The minimum absolute atomic E-state index is 0.0451. The van der Waals surface area contributed by atoms with Gasteiger partial charge in [0.15, 0.2) is 0 Å². The van der Waals surface area contributed by atoms with E-state index in [1.807, 2.05) is 24.3 Å². The normalized spacial score (nSPS) is 12.2. The highest BCUT2D eigenvalue weighted by Crippen LogP contribution is 2.44. The minimum Gasteiger partial charge on any atom is -0.481 e. The van der Waals surface area contributed by atoms with Crippen molar-refractivity contribution < 1.29 is 23.8 Å². The number of hydrogen-bond donors (Lipinski definition) is 1. The lowest BCUT2D eigenvalue weighted by Crippen LogP contribution is -2.33. The number of fused-ring (bicyclic) bond motifs is 3. The number of carboxylic acid groups (broad SMARTS) is 1. The Bertz CT molecular complexity index is 1070. The highest BCUT2D eigenvalue weighted by Gasteiger charge is 2.29. The summed E-state index contributed by atoms with van der Waals surface area (Å²) >= 11 is 0. The molecular weight excluding hydrogens is 409 g/mol. The zero-order valence-electron chi connectivity index (χ0n) is 17.5. The number of halogens is 1. The summed E-state index contributed by atoms with van der Waals surface area (Å²) in [6, 6.07) is 22.1. The van der Waals surface area contributed by atoms with E-state index in [0.29, 0.717) is 6.42 Å². The van der Waals surface area contributed by atoms with Crippen LogP contribution in [0.5, 0.6) is 0 Å². The maximum absolute atomic E-state index is 13.2. The van der Waals surface area contributed by atoms with Gasteiger partial charge in [0, 0.05) is 25.4 Å². The lowest BCUT2D eigenvalue weighted by Gasteiger charge is -2.23. The van der Waals surface area contributed by atoms with Gasteiger partial charge < -0.3 is 14.7 Å². The van der Waals surface area contributed by atoms with Gasteiger partial charge in [-0.25, -0.2) is 9.18 Å². The van der Waals surface area contributed by atoms with Crippen LogP contribution in [0.25, 0.3) is 11.1 Å². The molecule has 164 valence electrons. The number of carbonyl (C=O) groups excluding carboxylic acids is 1. The minimum atomic E-state index is -0.917. The van der Waals surface area contributed by atoms with Crippen LogP contribution in [-0.4, -0.2) is 35.2 Å². The van der Waals surface area contributed by atoms with Crippen LogP contribution in [0, 0.1) is 5.82 Å². The molecule has 4 rings (SSSR count). The molecule has 0 aromatic heterocycles. The van der Waals surface area contributed by atoms with Gasteiger partial charge in [0.25, 0.3) is 0 Å². The van der Waals surface area contributed by atoms with Crippen molar-refractivity contribution in [1.82, 2.24) is 4.90 Å². The van der Waals surface area contributed by atoms with Crippen LogP contribution in [-0.2, 0) is 16.1 Å². The van der Waals surface area contributed by atoms with Gasteiger partial charge >= 0.3 is 12.1 Å². The van der Waals surface area contributed by atoms with E-state index in [1.165, 1.54) is 17.0 Å². The lowest BCUT2D eigenvalue weighted by molar-refractivity contribution is -0.137. The standard InChI is InChI=1S/C26H24FNO4/c27-19-13-11-18(12-14-19)16-28(15-5-10-25(29)30)26(31)32-17-24-22-8-3-1-6-20(22)21-7-2-4-9-23(21)24/h1-4,6-9,11-14,24H,5,10,15-17H2,(H,29,30). The van der Waals surface area contributed by atoms with Crippen LogP contribution in [0.1, 0.15) is 35.4 Å². The number of benzene rings is 3. The Morgan fingerprint density at radius 2 is 1.50 bits per heavy atom. The summed E-state index contributed by atoms with van der Waals surface area (Å²) in [5.74, 6) is -1.33. The molecule has 0 fully saturated rings. The molecule has 1 amide bonds. The van der Waals surface area contributed by atoms with E-state index >= 15 is 0 Å². The smallest absolute Gasteiger partial charge is 0.410 e. The highest BCUT2D eigenvalue weighted by atomic mass is 19.1. The van der Waals surface area contributed by atoms with Gasteiger partial charge in [-0.15, -0.1) is 0 Å². The molecule has 0 heterocycles. The summed E-state index contributed by atoms with van der Waals surface area (Å²) in [7, 11) is 0. The third kappa shape index (κ3) is 4.80. The second-order valence-electron chi connectivity index (χ2n) is 7.85. The van der Waals surface area contributed by atoms with Crippen LogP contribution < -0.4 is 0 Å². The van der Waals surface area contributed by atoms with E-state index in [0.717, 1.165) is 27.8 Å². The van der Waals surface area contributed by atoms with Crippen LogP contribution in [0.15, 0.2) is 72.8 Å². The molecule has 0 unspecified atom stereocenters. The Kier molecular flexibility index (Phi) is 6.50. The fourth-order valence-corrected chi connectivity index (χ4v) is 4.15. The van der Waals surface area contributed by atoms with Crippen LogP contribution in [0.4, 0.5) is 9.18 Å². The largest absolute Gasteiger partial charge is 0.481 e. The molecule has 0 radical (unpaired) electrons. The number of carbonyl (C=O) groups is 2. The van der Waals surface area contributed by atoms with Gasteiger partial charge in [-0.2, -0.15) is 0 Å². The Labute approximate surface area is 186 Å².